The van der Waals surface area contributed by atoms with Crippen LogP contribution in [0.5, 0.6) is 0 Å². The van der Waals surface area contributed by atoms with Crippen LogP contribution >= 0.6 is 0 Å². The molecule has 25 heavy (non-hydrogen) atoms. The summed E-state index contributed by atoms with van der Waals surface area (Å²) in [7, 11) is 0. The molecule has 0 saturated heterocycles. The van der Waals surface area contributed by atoms with Gasteiger partial charge in [-0.05, 0) is 55.0 Å². The fraction of sp³-hybridized carbons (Fsp3) is 0.300. The minimum absolute atomic E-state index is 0.377. The van der Waals surface area contributed by atoms with E-state index in [0.29, 0.717) is 6.54 Å². The molecule has 0 radical (unpaired) electrons. The second-order valence-electron chi connectivity index (χ2n) is 6.17. The van der Waals surface area contributed by atoms with E-state index in [1.807, 2.05) is 43.3 Å². The lowest BCUT2D eigenvalue weighted by molar-refractivity contribution is -0.120. The maximum absolute atomic E-state index is 12.6. The molecule has 0 fully saturated rings. The van der Waals surface area contributed by atoms with E-state index in [9.17, 15) is 9.59 Å². The van der Waals surface area contributed by atoms with Gasteiger partial charge in [0.1, 0.15) is 6.04 Å². The first-order valence-electron chi connectivity index (χ1n) is 8.69. The zero-order chi connectivity index (χ0) is 17.6. The molecule has 3 N–H and O–H groups in total. The summed E-state index contributed by atoms with van der Waals surface area (Å²) >= 11 is 0. The van der Waals surface area contributed by atoms with Gasteiger partial charge >= 0.3 is 6.03 Å². The smallest absolute Gasteiger partial charge is 0.321 e. The first-order chi connectivity index (χ1) is 12.2. The highest BCUT2D eigenvalue weighted by Gasteiger charge is 2.23. The van der Waals surface area contributed by atoms with E-state index < -0.39 is 12.1 Å². The predicted octanol–water partition coefficient (Wildman–Crippen LogP) is 3.17. The Labute approximate surface area is 147 Å². The van der Waals surface area contributed by atoms with Crippen molar-refractivity contribution in [1.82, 2.24) is 10.6 Å². The molecule has 0 unspecified atom stereocenters. The molecule has 1 aliphatic rings. The Kier molecular flexibility index (Phi) is 5.33. The predicted molar refractivity (Wildman–Crippen MR) is 98.5 cm³/mol. The van der Waals surface area contributed by atoms with E-state index in [-0.39, 0.29) is 5.91 Å². The van der Waals surface area contributed by atoms with Gasteiger partial charge < -0.3 is 10.6 Å². The fourth-order valence-corrected chi connectivity index (χ4v) is 3.16. The van der Waals surface area contributed by atoms with E-state index in [1.54, 1.807) is 0 Å². The average Bonchev–Trinajstić information content (AvgIpc) is 3.08. The standard InChI is InChI=1S/C20H23N3O2/c1-2-21-20(25)23-19(24)18(15-7-4-3-5-8-15)22-17-12-11-14-9-6-10-16(14)13-17/h3-5,7-8,11-13,18,22H,2,6,9-10H2,1H3,(H2,21,23,24,25)/t18-/m0/s1. The molecule has 0 aliphatic heterocycles. The monoisotopic (exact) mass is 337 g/mol. The first-order valence-corrected chi connectivity index (χ1v) is 8.69. The van der Waals surface area contributed by atoms with E-state index in [0.717, 1.165) is 24.1 Å². The van der Waals surface area contributed by atoms with Gasteiger partial charge in [0.05, 0.1) is 0 Å². The molecule has 0 spiro atoms. The third-order valence-corrected chi connectivity index (χ3v) is 4.38. The minimum atomic E-state index is -0.636. The van der Waals surface area contributed by atoms with Crippen LogP contribution < -0.4 is 16.0 Å². The van der Waals surface area contributed by atoms with Crippen LogP contribution in [0.4, 0.5) is 10.5 Å². The Morgan fingerprint density at radius 1 is 1.04 bits per heavy atom. The van der Waals surface area contributed by atoms with Crippen LogP contribution in [0.15, 0.2) is 48.5 Å². The van der Waals surface area contributed by atoms with Crippen LogP contribution in [0.3, 0.4) is 0 Å². The number of carbonyl (C=O) groups is 2. The number of benzene rings is 2. The molecule has 0 saturated carbocycles. The molecule has 0 aromatic heterocycles. The van der Waals surface area contributed by atoms with E-state index in [2.05, 4.69) is 28.1 Å². The second kappa shape index (κ2) is 7.83. The number of nitrogens with one attached hydrogen (secondary N) is 3. The summed E-state index contributed by atoms with van der Waals surface area (Å²) in [6, 6.07) is 14.5. The highest BCUT2D eigenvalue weighted by molar-refractivity contribution is 5.98. The third kappa shape index (κ3) is 4.18. The highest BCUT2D eigenvalue weighted by atomic mass is 16.2. The van der Waals surface area contributed by atoms with Gasteiger partial charge in [-0.1, -0.05) is 36.4 Å². The average molecular weight is 337 g/mol. The van der Waals surface area contributed by atoms with Crippen LogP contribution in [0.1, 0.15) is 36.1 Å². The van der Waals surface area contributed by atoms with Crippen LogP contribution in [0.25, 0.3) is 0 Å². The molecule has 5 nitrogen and oxygen atoms in total. The molecule has 2 aromatic carbocycles. The molecule has 1 atom stereocenters. The molecule has 3 rings (SSSR count). The molecule has 1 aliphatic carbocycles. The summed E-state index contributed by atoms with van der Waals surface area (Å²) in [6.07, 6.45) is 3.37. The molecule has 0 heterocycles. The maximum Gasteiger partial charge on any atom is 0.321 e. The highest BCUT2D eigenvalue weighted by Crippen LogP contribution is 2.27. The van der Waals surface area contributed by atoms with Crippen molar-refractivity contribution in [3.05, 3.63) is 65.2 Å². The molecule has 5 heteroatoms. The van der Waals surface area contributed by atoms with Crippen molar-refractivity contribution in [3.8, 4) is 0 Å². The van der Waals surface area contributed by atoms with Crippen molar-refractivity contribution in [2.45, 2.75) is 32.2 Å². The van der Waals surface area contributed by atoms with Gasteiger partial charge in [-0.2, -0.15) is 0 Å². The Morgan fingerprint density at radius 2 is 1.80 bits per heavy atom. The summed E-state index contributed by atoms with van der Waals surface area (Å²) in [5.41, 5.74) is 4.42. The second-order valence-corrected chi connectivity index (χ2v) is 6.17. The van der Waals surface area contributed by atoms with Crippen LogP contribution in [-0.2, 0) is 17.6 Å². The van der Waals surface area contributed by atoms with E-state index >= 15 is 0 Å². The van der Waals surface area contributed by atoms with Gasteiger partial charge in [0.2, 0.25) is 0 Å². The molecular formula is C20H23N3O2. The summed E-state index contributed by atoms with van der Waals surface area (Å²) in [4.78, 5) is 24.4. The van der Waals surface area contributed by atoms with Crippen molar-refractivity contribution in [2.24, 2.45) is 0 Å². The first kappa shape index (κ1) is 17.0. The summed E-state index contributed by atoms with van der Waals surface area (Å²) < 4.78 is 0. The van der Waals surface area contributed by atoms with Crippen LogP contribution in [0.2, 0.25) is 0 Å². The Morgan fingerprint density at radius 3 is 2.56 bits per heavy atom. The minimum Gasteiger partial charge on any atom is -0.370 e. The van der Waals surface area contributed by atoms with Gasteiger partial charge in [-0.25, -0.2) is 4.79 Å². The number of rotatable bonds is 5. The number of aryl methyl sites for hydroxylation is 2. The van der Waals surface area contributed by atoms with Crippen molar-refractivity contribution in [1.29, 1.82) is 0 Å². The Bertz CT molecular complexity index is 759. The SMILES string of the molecule is CCNC(=O)NC(=O)[C@@H](Nc1ccc2c(c1)CCC2)c1ccccc1. The maximum atomic E-state index is 12.6. The van der Waals surface area contributed by atoms with Crippen LogP contribution in [0, 0.1) is 0 Å². The van der Waals surface area contributed by atoms with Crippen molar-refractivity contribution >= 4 is 17.6 Å². The van der Waals surface area contributed by atoms with Gasteiger partial charge in [-0.15, -0.1) is 0 Å². The van der Waals surface area contributed by atoms with E-state index in [4.69, 9.17) is 0 Å². The number of amides is 3. The molecule has 3 amide bonds. The van der Waals surface area contributed by atoms with Gasteiger partial charge in [-0.3, -0.25) is 10.1 Å². The third-order valence-electron chi connectivity index (χ3n) is 4.38. The number of carbonyl (C=O) groups excluding carboxylic acids is 2. The number of anilines is 1. The fourth-order valence-electron chi connectivity index (χ4n) is 3.16. The zero-order valence-electron chi connectivity index (χ0n) is 14.3. The summed E-state index contributed by atoms with van der Waals surface area (Å²) in [5.74, 6) is -0.377. The number of imide groups is 1. The molecule has 2 aromatic rings. The van der Waals surface area contributed by atoms with E-state index in [1.165, 1.54) is 17.5 Å². The largest absolute Gasteiger partial charge is 0.370 e. The molecule has 130 valence electrons. The Balaban J connectivity index is 1.81. The molecule has 0 bridgehead atoms. The lowest BCUT2D eigenvalue weighted by atomic mass is 10.0. The lowest BCUT2D eigenvalue weighted by Gasteiger charge is -2.20. The lowest BCUT2D eigenvalue weighted by Crippen LogP contribution is -2.43. The normalized spacial score (nSPS) is 13.6. The number of hydrogen-bond donors (Lipinski definition) is 3. The van der Waals surface area contributed by atoms with Crippen molar-refractivity contribution < 1.29 is 9.59 Å². The number of fused-ring (bicyclic) bond motifs is 1. The quantitative estimate of drug-likeness (QED) is 0.785. The summed E-state index contributed by atoms with van der Waals surface area (Å²) in [6.45, 7) is 2.27. The Hall–Kier alpha value is -2.82. The topological polar surface area (TPSA) is 70.2 Å². The molecular weight excluding hydrogens is 314 g/mol. The van der Waals surface area contributed by atoms with Crippen molar-refractivity contribution in [2.75, 3.05) is 11.9 Å². The number of hydrogen-bond acceptors (Lipinski definition) is 3. The summed E-state index contributed by atoms with van der Waals surface area (Å²) in [5, 5.41) is 8.26. The number of urea groups is 1. The zero-order valence-corrected chi connectivity index (χ0v) is 14.3. The van der Waals surface area contributed by atoms with Crippen molar-refractivity contribution in [3.63, 3.8) is 0 Å². The van der Waals surface area contributed by atoms with Gasteiger partial charge in [0, 0.05) is 12.2 Å². The van der Waals surface area contributed by atoms with Gasteiger partial charge in [0.25, 0.3) is 5.91 Å². The van der Waals surface area contributed by atoms with Crippen LogP contribution in [-0.4, -0.2) is 18.5 Å². The van der Waals surface area contributed by atoms with Gasteiger partial charge in [0.15, 0.2) is 0 Å².